The number of hydrogen-bond donors (Lipinski definition) is 1. The fourth-order valence-corrected chi connectivity index (χ4v) is 3.65. The molecule has 2 aromatic carbocycles. The van der Waals surface area contributed by atoms with Gasteiger partial charge in [0.05, 0.1) is 13.4 Å². The van der Waals surface area contributed by atoms with Crippen molar-refractivity contribution in [2.24, 2.45) is 0 Å². The van der Waals surface area contributed by atoms with Crippen molar-refractivity contribution in [3.63, 3.8) is 0 Å². The minimum atomic E-state index is -0.994. The van der Waals surface area contributed by atoms with Crippen LogP contribution in [0.3, 0.4) is 0 Å². The highest BCUT2D eigenvalue weighted by atomic mass is 32.2. The lowest BCUT2D eigenvalue weighted by atomic mass is 10.1. The molecule has 0 unspecified atom stereocenters. The molecule has 4 heteroatoms. The molecule has 3 nitrogen and oxygen atoms in total. The van der Waals surface area contributed by atoms with Gasteiger partial charge in [-0.15, -0.1) is 11.8 Å². The molecule has 23 heavy (non-hydrogen) atoms. The van der Waals surface area contributed by atoms with Gasteiger partial charge in [0.25, 0.3) is 0 Å². The molecule has 0 atom stereocenters. The number of ether oxygens (including phenoxy) is 1. The van der Waals surface area contributed by atoms with Crippen molar-refractivity contribution in [2.45, 2.75) is 24.5 Å². The molecular weight excluding hydrogens is 308 g/mol. The maximum Gasteiger partial charge on any atom is 0.339 e. The summed E-state index contributed by atoms with van der Waals surface area (Å²) in [6.45, 7) is 4.20. The van der Waals surface area contributed by atoms with Gasteiger partial charge in [-0.25, -0.2) is 4.79 Å². The van der Waals surface area contributed by atoms with Crippen molar-refractivity contribution in [1.29, 1.82) is 0 Å². The number of aliphatic carboxylic acids is 1. The first kappa shape index (κ1) is 17.2. The minimum Gasteiger partial charge on any atom is -0.503 e. The topological polar surface area (TPSA) is 46.5 Å². The number of methoxy groups -OCH3 is 1. The summed E-state index contributed by atoms with van der Waals surface area (Å²) in [4.78, 5) is 12.4. The first-order chi connectivity index (χ1) is 11.0. The number of carboxylic acids is 1. The van der Waals surface area contributed by atoms with E-state index >= 15 is 0 Å². The molecule has 0 aliphatic carbocycles. The van der Waals surface area contributed by atoms with Gasteiger partial charge in [0, 0.05) is 16.2 Å². The fourth-order valence-electron chi connectivity index (χ4n) is 2.39. The van der Waals surface area contributed by atoms with Gasteiger partial charge in [0.15, 0.2) is 0 Å². The highest BCUT2D eigenvalue weighted by Gasteiger charge is 2.15. The van der Waals surface area contributed by atoms with Crippen LogP contribution < -0.4 is 0 Å². The maximum atomic E-state index is 11.5. The summed E-state index contributed by atoms with van der Waals surface area (Å²) in [6, 6.07) is 13.8. The molecule has 0 aromatic heterocycles. The van der Waals surface area contributed by atoms with Crippen LogP contribution in [-0.2, 0) is 15.3 Å². The first-order valence-corrected chi connectivity index (χ1v) is 8.26. The van der Waals surface area contributed by atoms with E-state index in [-0.39, 0.29) is 5.57 Å². The van der Waals surface area contributed by atoms with Gasteiger partial charge in [0.2, 0.25) is 0 Å². The zero-order valence-corrected chi connectivity index (χ0v) is 14.3. The van der Waals surface area contributed by atoms with Gasteiger partial charge in [-0.2, -0.15) is 0 Å². The van der Waals surface area contributed by atoms with Crippen LogP contribution in [0.2, 0.25) is 0 Å². The Kier molecular flexibility index (Phi) is 5.88. The molecule has 0 aliphatic rings. The Morgan fingerprint density at radius 1 is 1.13 bits per heavy atom. The normalized spacial score (nSPS) is 11.3. The van der Waals surface area contributed by atoms with Crippen molar-refractivity contribution in [3.05, 3.63) is 71.0 Å². The molecule has 0 spiro atoms. The fraction of sp³-hybridized carbons (Fsp3) is 0.211. The maximum absolute atomic E-state index is 11.5. The highest BCUT2D eigenvalue weighted by molar-refractivity contribution is 7.98. The lowest BCUT2D eigenvalue weighted by Gasteiger charge is -2.12. The Hall–Kier alpha value is -2.20. The lowest BCUT2D eigenvalue weighted by Crippen LogP contribution is -2.02. The number of carbonyl (C=O) groups is 1. The third-order valence-electron chi connectivity index (χ3n) is 3.66. The Balaban J connectivity index is 2.31. The molecule has 0 saturated heterocycles. The van der Waals surface area contributed by atoms with E-state index in [2.05, 4.69) is 32.0 Å². The molecular formula is C19H20O3S. The average Bonchev–Trinajstić information content (AvgIpc) is 2.52. The molecule has 0 radical (unpaired) electrons. The average molecular weight is 328 g/mol. The summed E-state index contributed by atoms with van der Waals surface area (Å²) >= 11 is 1.64. The van der Waals surface area contributed by atoms with Crippen molar-refractivity contribution in [2.75, 3.05) is 7.11 Å². The van der Waals surface area contributed by atoms with Gasteiger partial charge in [-0.05, 0) is 36.6 Å². The van der Waals surface area contributed by atoms with Gasteiger partial charge < -0.3 is 9.84 Å². The number of thioether (sulfide) groups is 1. The summed E-state index contributed by atoms with van der Waals surface area (Å²) < 4.78 is 4.92. The van der Waals surface area contributed by atoms with Crippen LogP contribution in [0.25, 0.3) is 5.57 Å². The van der Waals surface area contributed by atoms with Crippen LogP contribution in [0, 0.1) is 13.8 Å². The standard InChI is InChI=1S/C19H20O3S/c1-13-7-6-8-14(2)17(13)12-23-18-10-5-4-9-15(18)16(11-22-3)19(20)21/h4-11H,12H2,1-3H3,(H,20,21). The predicted molar refractivity (Wildman–Crippen MR) is 94.5 cm³/mol. The van der Waals surface area contributed by atoms with E-state index in [9.17, 15) is 9.90 Å². The molecule has 0 bridgehead atoms. The predicted octanol–water partition coefficient (Wildman–Crippen LogP) is 4.67. The molecule has 0 heterocycles. The molecule has 0 aliphatic heterocycles. The number of benzene rings is 2. The smallest absolute Gasteiger partial charge is 0.339 e. The van der Waals surface area contributed by atoms with E-state index in [1.165, 1.54) is 30.1 Å². The van der Waals surface area contributed by atoms with E-state index in [0.717, 1.165) is 10.6 Å². The zero-order chi connectivity index (χ0) is 16.8. The van der Waals surface area contributed by atoms with E-state index in [4.69, 9.17) is 4.74 Å². The van der Waals surface area contributed by atoms with Crippen molar-refractivity contribution >= 4 is 23.3 Å². The largest absolute Gasteiger partial charge is 0.503 e. The number of hydrogen-bond acceptors (Lipinski definition) is 3. The monoisotopic (exact) mass is 328 g/mol. The van der Waals surface area contributed by atoms with Crippen molar-refractivity contribution in [1.82, 2.24) is 0 Å². The van der Waals surface area contributed by atoms with E-state index in [1.54, 1.807) is 11.8 Å². The van der Waals surface area contributed by atoms with Gasteiger partial charge in [-0.1, -0.05) is 36.4 Å². The van der Waals surface area contributed by atoms with Gasteiger partial charge in [0.1, 0.15) is 5.57 Å². The molecule has 0 saturated carbocycles. The molecule has 120 valence electrons. The van der Waals surface area contributed by atoms with Crippen molar-refractivity contribution < 1.29 is 14.6 Å². The Morgan fingerprint density at radius 3 is 2.39 bits per heavy atom. The highest BCUT2D eigenvalue weighted by Crippen LogP contribution is 2.32. The molecule has 2 aromatic rings. The Morgan fingerprint density at radius 2 is 1.78 bits per heavy atom. The van der Waals surface area contributed by atoms with E-state index in [0.29, 0.717) is 5.56 Å². The molecule has 1 N–H and O–H groups in total. The number of rotatable bonds is 6. The third-order valence-corrected chi connectivity index (χ3v) is 4.76. The van der Waals surface area contributed by atoms with Crippen LogP contribution in [0.4, 0.5) is 0 Å². The quantitative estimate of drug-likeness (QED) is 0.475. The zero-order valence-electron chi connectivity index (χ0n) is 13.5. The van der Waals surface area contributed by atoms with E-state index in [1.807, 2.05) is 24.3 Å². The second-order valence-electron chi connectivity index (χ2n) is 5.23. The lowest BCUT2D eigenvalue weighted by molar-refractivity contribution is -0.130. The van der Waals surface area contributed by atoms with Gasteiger partial charge in [-0.3, -0.25) is 0 Å². The van der Waals surface area contributed by atoms with E-state index < -0.39 is 5.97 Å². The third kappa shape index (κ3) is 4.17. The second-order valence-corrected chi connectivity index (χ2v) is 6.24. The number of carboxylic acid groups (broad SMARTS) is 1. The SMILES string of the molecule is COC=C(C(=O)O)c1ccccc1SCc1c(C)cccc1C. The van der Waals surface area contributed by atoms with Crippen molar-refractivity contribution in [3.8, 4) is 0 Å². The Bertz CT molecular complexity index is 715. The van der Waals surface area contributed by atoms with Crippen LogP contribution in [-0.4, -0.2) is 18.2 Å². The first-order valence-electron chi connectivity index (χ1n) is 7.28. The summed E-state index contributed by atoms with van der Waals surface area (Å²) in [7, 11) is 1.45. The summed E-state index contributed by atoms with van der Waals surface area (Å²) in [6.07, 6.45) is 1.28. The number of aryl methyl sites for hydroxylation is 2. The van der Waals surface area contributed by atoms with Crippen LogP contribution in [0.15, 0.2) is 53.6 Å². The van der Waals surface area contributed by atoms with Crippen LogP contribution in [0.5, 0.6) is 0 Å². The van der Waals surface area contributed by atoms with Crippen LogP contribution >= 0.6 is 11.8 Å². The summed E-state index contributed by atoms with van der Waals surface area (Å²) in [5.41, 5.74) is 4.64. The van der Waals surface area contributed by atoms with Gasteiger partial charge >= 0.3 is 5.97 Å². The van der Waals surface area contributed by atoms with Crippen LogP contribution in [0.1, 0.15) is 22.3 Å². The molecule has 2 rings (SSSR count). The molecule has 0 fully saturated rings. The summed E-state index contributed by atoms with van der Waals surface area (Å²) in [5, 5.41) is 9.40. The summed E-state index contributed by atoms with van der Waals surface area (Å²) in [5.74, 6) is -0.193. The second kappa shape index (κ2) is 7.88. The molecule has 0 amide bonds. The Labute approximate surface area is 141 Å². The minimum absolute atomic E-state index is 0.164.